The number of fused-ring (bicyclic) bond motifs is 1. The highest BCUT2D eigenvalue weighted by molar-refractivity contribution is 6.03. The van der Waals surface area contributed by atoms with Gasteiger partial charge in [0.15, 0.2) is 0 Å². The molecular weight excluding hydrogens is 456 g/mol. The molecule has 36 heavy (non-hydrogen) atoms. The molecule has 10 nitrogen and oxygen atoms in total. The molecule has 3 aromatic heterocycles. The fourth-order valence-electron chi connectivity index (χ4n) is 5.26. The van der Waals surface area contributed by atoms with Gasteiger partial charge in [-0.3, -0.25) is 4.79 Å². The van der Waals surface area contributed by atoms with Gasteiger partial charge in [0.1, 0.15) is 24.1 Å². The Morgan fingerprint density at radius 3 is 2.58 bits per heavy atom. The summed E-state index contributed by atoms with van der Waals surface area (Å²) in [6, 6.07) is 2.11. The molecule has 4 heterocycles. The van der Waals surface area contributed by atoms with E-state index in [1.807, 2.05) is 37.6 Å². The van der Waals surface area contributed by atoms with E-state index in [1.54, 1.807) is 12.4 Å². The van der Waals surface area contributed by atoms with Crippen molar-refractivity contribution in [1.82, 2.24) is 24.8 Å². The Kier molecular flexibility index (Phi) is 7.13. The highest BCUT2D eigenvalue weighted by Gasteiger charge is 2.25. The molecule has 0 bridgehead atoms. The first-order valence-corrected chi connectivity index (χ1v) is 12.8. The average molecular weight is 491 g/mol. The zero-order valence-electron chi connectivity index (χ0n) is 21.3. The highest BCUT2D eigenvalue weighted by atomic mass is 16.6. The van der Waals surface area contributed by atoms with Crippen molar-refractivity contribution in [1.29, 1.82) is 0 Å². The van der Waals surface area contributed by atoms with Crippen molar-refractivity contribution in [3.8, 4) is 0 Å². The van der Waals surface area contributed by atoms with Gasteiger partial charge in [-0.1, -0.05) is 18.0 Å². The minimum absolute atomic E-state index is 0.0230. The molecular formula is C26H34N8O2. The van der Waals surface area contributed by atoms with Crippen LogP contribution in [0.2, 0.25) is 0 Å². The zero-order valence-corrected chi connectivity index (χ0v) is 21.3. The predicted molar refractivity (Wildman–Crippen MR) is 142 cm³/mol. The lowest BCUT2D eigenvalue weighted by atomic mass is 10.0. The predicted octanol–water partition coefficient (Wildman–Crippen LogP) is 3.52. The van der Waals surface area contributed by atoms with Gasteiger partial charge in [-0.2, -0.15) is 0 Å². The van der Waals surface area contributed by atoms with Gasteiger partial charge in [-0.15, -0.1) is 0 Å². The smallest absolute Gasteiger partial charge is 0.260 e. The molecule has 1 saturated carbocycles. The van der Waals surface area contributed by atoms with Crippen molar-refractivity contribution in [2.24, 2.45) is 5.16 Å². The number of hydrogen-bond donors (Lipinski definition) is 2. The Balaban J connectivity index is 1.52. The van der Waals surface area contributed by atoms with Crippen LogP contribution >= 0.6 is 0 Å². The van der Waals surface area contributed by atoms with E-state index in [0.717, 1.165) is 74.1 Å². The van der Waals surface area contributed by atoms with Gasteiger partial charge >= 0.3 is 0 Å². The van der Waals surface area contributed by atoms with Crippen LogP contribution in [0.15, 0.2) is 34.6 Å². The zero-order chi connectivity index (χ0) is 25.1. The third-order valence-corrected chi connectivity index (χ3v) is 7.07. The van der Waals surface area contributed by atoms with Crippen molar-refractivity contribution in [3.05, 3.63) is 46.1 Å². The lowest BCUT2D eigenvalue weighted by molar-refractivity contribution is 0.159. The van der Waals surface area contributed by atoms with Crippen LogP contribution in [0.4, 0.5) is 17.5 Å². The Bertz CT molecular complexity index is 1310. The van der Waals surface area contributed by atoms with Gasteiger partial charge in [0.25, 0.3) is 5.56 Å². The number of hydrogen-bond acceptors (Lipinski definition) is 9. The highest BCUT2D eigenvalue weighted by Crippen LogP contribution is 2.33. The minimum atomic E-state index is -0.0230. The van der Waals surface area contributed by atoms with Crippen LogP contribution in [0.5, 0.6) is 0 Å². The Morgan fingerprint density at radius 2 is 1.89 bits per heavy atom. The van der Waals surface area contributed by atoms with E-state index in [0.29, 0.717) is 29.5 Å². The normalized spacial score (nSPS) is 17.1. The van der Waals surface area contributed by atoms with E-state index in [1.165, 1.54) is 0 Å². The molecule has 1 aliphatic carbocycles. The van der Waals surface area contributed by atoms with Gasteiger partial charge in [0, 0.05) is 49.9 Å². The van der Waals surface area contributed by atoms with E-state index in [2.05, 4.69) is 35.6 Å². The maximum Gasteiger partial charge on any atom is 0.260 e. The van der Waals surface area contributed by atoms with Crippen LogP contribution in [0.25, 0.3) is 10.9 Å². The summed E-state index contributed by atoms with van der Waals surface area (Å²) in [5.41, 5.74) is 2.91. The average Bonchev–Trinajstić information content (AvgIpc) is 3.43. The standard InChI is InChI=1S/C26H34N8O2/c1-4-36-32-18(3)25-17(2)20-14-28-22(13-21(20)34(26(25)35)19-7-5-6-8-19)31-23-15-30-24(16-29-23)33-11-9-27-10-12-33/h13-16,19,27H,4-12H2,1-3H3,(H,28,29,31)/b32-18+. The van der Waals surface area contributed by atoms with Crippen molar-refractivity contribution in [3.63, 3.8) is 0 Å². The molecule has 0 amide bonds. The molecule has 10 heteroatoms. The second-order valence-corrected chi connectivity index (χ2v) is 9.42. The number of nitrogens with zero attached hydrogens (tertiary/aromatic N) is 6. The number of piperazine rings is 1. The van der Waals surface area contributed by atoms with Crippen LogP contribution in [0.1, 0.15) is 56.7 Å². The van der Waals surface area contributed by atoms with Crippen LogP contribution in [0, 0.1) is 6.92 Å². The molecule has 0 spiro atoms. The first-order chi connectivity index (χ1) is 17.6. The fourth-order valence-corrected chi connectivity index (χ4v) is 5.26. The molecule has 2 fully saturated rings. The Labute approximate surface area is 210 Å². The van der Waals surface area contributed by atoms with Crippen LogP contribution in [0.3, 0.4) is 0 Å². The van der Waals surface area contributed by atoms with Crippen molar-refractivity contribution >= 4 is 34.1 Å². The molecule has 5 rings (SSSR count). The second-order valence-electron chi connectivity index (χ2n) is 9.42. The van der Waals surface area contributed by atoms with E-state index in [-0.39, 0.29) is 11.6 Å². The van der Waals surface area contributed by atoms with Crippen molar-refractivity contribution in [2.75, 3.05) is 43.0 Å². The molecule has 1 aliphatic heterocycles. The Morgan fingerprint density at radius 1 is 1.14 bits per heavy atom. The quantitative estimate of drug-likeness (QED) is 0.382. The maximum atomic E-state index is 13.8. The third-order valence-electron chi connectivity index (χ3n) is 7.07. The first kappa shape index (κ1) is 24.2. The van der Waals surface area contributed by atoms with E-state index in [9.17, 15) is 4.79 Å². The maximum absolute atomic E-state index is 13.8. The van der Waals surface area contributed by atoms with Gasteiger partial charge in [0.05, 0.1) is 29.2 Å². The van der Waals surface area contributed by atoms with Gasteiger partial charge < -0.3 is 24.9 Å². The lowest BCUT2D eigenvalue weighted by Crippen LogP contribution is -2.43. The topological polar surface area (TPSA) is 110 Å². The summed E-state index contributed by atoms with van der Waals surface area (Å²) >= 11 is 0. The number of oxime groups is 1. The summed E-state index contributed by atoms with van der Waals surface area (Å²) in [6.07, 6.45) is 9.58. The first-order valence-electron chi connectivity index (χ1n) is 12.8. The minimum Gasteiger partial charge on any atom is -0.396 e. The third kappa shape index (κ3) is 4.77. The number of pyridine rings is 2. The SMILES string of the molecule is CCO/N=C(\C)c1c(C)c2cnc(Nc3cnc(N4CCNCC4)cn3)cc2n(C2CCCC2)c1=O. The molecule has 0 radical (unpaired) electrons. The summed E-state index contributed by atoms with van der Waals surface area (Å²) < 4.78 is 1.95. The van der Waals surface area contributed by atoms with E-state index >= 15 is 0 Å². The van der Waals surface area contributed by atoms with Crippen LogP contribution in [-0.2, 0) is 4.84 Å². The largest absolute Gasteiger partial charge is 0.396 e. The lowest BCUT2D eigenvalue weighted by Gasteiger charge is -2.28. The van der Waals surface area contributed by atoms with E-state index < -0.39 is 0 Å². The van der Waals surface area contributed by atoms with Gasteiger partial charge in [0.2, 0.25) is 0 Å². The molecule has 0 aromatic carbocycles. The number of aromatic nitrogens is 4. The van der Waals surface area contributed by atoms with Crippen molar-refractivity contribution in [2.45, 2.75) is 52.5 Å². The summed E-state index contributed by atoms with van der Waals surface area (Å²) in [7, 11) is 0. The summed E-state index contributed by atoms with van der Waals surface area (Å²) in [5, 5.41) is 11.7. The molecule has 0 atom stereocenters. The Hall–Kier alpha value is -3.53. The monoisotopic (exact) mass is 490 g/mol. The van der Waals surface area contributed by atoms with Gasteiger partial charge in [-0.05, 0) is 39.2 Å². The number of anilines is 3. The number of aryl methyl sites for hydroxylation is 1. The fraction of sp³-hybridized carbons (Fsp3) is 0.500. The van der Waals surface area contributed by atoms with Crippen LogP contribution < -0.4 is 21.1 Å². The number of nitrogens with one attached hydrogen (secondary N) is 2. The van der Waals surface area contributed by atoms with Gasteiger partial charge in [-0.25, -0.2) is 15.0 Å². The molecule has 2 N–H and O–H groups in total. The van der Waals surface area contributed by atoms with Crippen LogP contribution in [-0.4, -0.2) is 58.0 Å². The molecule has 1 saturated heterocycles. The molecule has 2 aliphatic rings. The summed E-state index contributed by atoms with van der Waals surface area (Å²) in [4.78, 5) is 35.1. The number of rotatable bonds is 7. The second kappa shape index (κ2) is 10.6. The van der Waals surface area contributed by atoms with E-state index in [4.69, 9.17) is 4.84 Å². The summed E-state index contributed by atoms with van der Waals surface area (Å²) in [6.45, 7) is 9.85. The molecule has 190 valence electrons. The molecule has 3 aromatic rings. The van der Waals surface area contributed by atoms with Crippen molar-refractivity contribution < 1.29 is 4.84 Å². The molecule has 0 unspecified atom stereocenters. The summed E-state index contributed by atoms with van der Waals surface area (Å²) in [5.74, 6) is 2.11.